The third kappa shape index (κ3) is 14.9. The largest absolute Gasteiger partial charge is 0.456 e. The summed E-state index contributed by atoms with van der Waals surface area (Å²) in [6.45, 7) is 26.7. The molecule has 0 saturated carbocycles. The molecule has 8 N–H and O–H groups in total. The Kier molecular flexibility index (Phi) is 21.5. The first-order chi connectivity index (χ1) is 34.9. The molecule has 3 fully saturated rings. The van der Waals surface area contributed by atoms with Gasteiger partial charge in [0.15, 0.2) is 12.1 Å². The molecule has 1 aromatic carbocycles. The number of aliphatic hydroxyl groups is 5. The van der Waals surface area contributed by atoms with Crippen molar-refractivity contribution in [3.63, 3.8) is 0 Å². The van der Waals surface area contributed by atoms with E-state index in [-0.39, 0.29) is 43.6 Å². The number of esters is 1. The fourth-order valence-electron chi connectivity index (χ4n) is 12.2. The van der Waals surface area contributed by atoms with Crippen LogP contribution < -0.4 is 11.1 Å². The molecular formula is C58H100N6O11. The van der Waals surface area contributed by atoms with Gasteiger partial charge in [-0.25, -0.2) is 0 Å². The summed E-state index contributed by atoms with van der Waals surface area (Å²) in [7, 11) is 5.51. The van der Waals surface area contributed by atoms with Crippen molar-refractivity contribution in [2.24, 2.45) is 34.8 Å². The van der Waals surface area contributed by atoms with E-state index in [1.807, 2.05) is 57.4 Å². The van der Waals surface area contributed by atoms with E-state index in [0.29, 0.717) is 63.2 Å². The first kappa shape index (κ1) is 62.6. The average molecular weight is 1060 g/mol. The number of rotatable bonds is 17. The highest BCUT2D eigenvalue weighted by molar-refractivity contribution is 5.73. The van der Waals surface area contributed by atoms with E-state index in [1.54, 1.807) is 34.1 Å². The first-order valence-electron chi connectivity index (χ1n) is 27.8. The lowest BCUT2D eigenvalue weighted by molar-refractivity contribution is -0.326. The molecule has 0 aliphatic carbocycles. The number of nitrogens with two attached hydrogens (primary N) is 1. The molecule has 3 saturated heterocycles. The molecule has 75 heavy (non-hydrogen) atoms. The number of likely N-dealkylation sites (N-methyl/N-ethyl adjacent to an activating group) is 1. The van der Waals surface area contributed by atoms with Crippen molar-refractivity contribution in [1.29, 1.82) is 0 Å². The predicted octanol–water partition coefficient (Wildman–Crippen LogP) is 6.22. The number of ether oxygens (including phenoxy) is 5. The second-order valence-electron chi connectivity index (χ2n) is 24.7. The van der Waals surface area contributed by atoms with E-state index in [4.69, 9.17) is 29.4 Å². The van der Waals surface area contributed by atoms with Crippen molar-refractivity contribution in [2.45, 2.75) is 225 Å². The zero-order valence-corrected chi connectivity index (χ0v) is 48.6. The van der Waals surface area contributed by atoms with Gasteiger partial charge in [-0.15, -0.1) is 0 Å². The number of aromatic nitrogens is 2. The van der Waals surface area contributed by atoms with Crippen LogP contribution in [0.4, 0.5) is 0 Å². The highest BCUT2D eigenvalue weighted by Crippen LogP contribution is 2.51. The summed E-state index contributed by atoms with van der Waals surface area (Å²) in [5, 5.41) is 66.7. The minimum Gasteiger partial charge on any atom is -0.456 e. The van der Waals surface area contributed by atoms with Gasteiger partial charge in [-0.2, -0.15) is 5.10 Å². The lowest BCUT2D eigenvalue weighted by Gasteiger charge is -2.54. The van der Waals surface area contributed by atoms with Crippen molar-refractivity contribution in [3.8, 4) is 11.1 Å². The Morgan fingerprint density at radius 3 is 2.28 bits per heavy atom. The summed E-state index contributed by atoms with van der Waals surface area (Å²) in [6.07, 6.45) is 4.30. The van der Waals surface area contributed by atoms with Crippen molar-refractivity contribution in [3.05, 3.63) is 54.1 Å². The van der Waals surface area contributed by atoms with Gasteiger partial charge in [0.1, 0.15) is 23.4 Å². The topological polar surface area (TPSA) is 227 Å². The number of benzene rings is 1. The lowest BCUT2D eigenvalue weighted by atomic mass is 9.65. The molecule has 428 valence electrons. The molecule has 17 atom stereocenters. The Morgan fingerprint density at radius 1 is 1.00 bits per heavy atom. The normalized spacial score (nSPS) is 38.7. The van der Waals surface area contributed by atoms with Gasteiger partial charge < -0.3 is 70.1 Å². The molecule has 0 amide bonds. The second kappa shape index (κ2) is 25.7. The predicted molar refractivity (Wildman–Crippen MR) is 292 cm³/mol. The van der Waals surface area contributed by atoms with Crippen LogP contribution in [0.25, 0.3) is 11.1 Å². The van der Waals surface area contributed by atoms with Gasteiger partial charge in [0.05, 0.1) is 48.7 Å². The Bertz CT molecular complexity index is 2140. The molecule has 3 aliphatic rings. The van der Waals surface area contributed by atoms with Crippen LogP contribution in [0.3, 0.4) is 0 Å². The van der Waals surface area contributed by atoms with Crippen LogP contribution in [0.15, 0.2) is 48.6 Å². The Hall–Kier alpha value is -3.20. The van der Waals surface area contributed by atoms with Gasteiger partial charge >= 0.3 is 5.97 Å². The number of nitrogens with one attached hydrogen (secondary N) is 1. The van der Waals surface area contributed by atoms with Crippen molar-refractivity contribution < 1.29 is 54.0 Å². The number of carbonyl (C=O) groups excluding carboxylic acids is 1. The summed E-state index contributed by atoms with van der Waals surface area (Å²) >= 11 is 0. The van der Waals surface area contributed by atoms with Crippen molar-refractivity contribution in [2.75, 3.05) is 40.9 Å². The maximum absolute atomic E-state index is 14.6. The first-order valence-corrected chi connectivity index (χ1v) is 27.8. The van der Waals surface area contributed by atoms with E-state index in [9.17, 15) is 30.3 Å². The summed E-state index contributed by atoms with van der Waals surface area (Å²) in [5.74, 6) is -3.10. The smallest absolute Gasteiger partial charge is 0.311 e. The standard InChI is InChI=1S/C58H100N6O11/c1-17-56(12)57(13,69)51(66)41(8)63(15)33-37(4)26-54(10,27-38(5)50(40(7)53(68)75-56)73-49-29-55(11,71-16)52(67)42(9)72-49)58(70)28-48(24-39(6)74-58)62(14)23-22-46(59)31-60-47(35-65)25-43-18-20-44(21-19-43)45-30-61-64(34-45)32-36(2)3/h18-21,30-31,34,36-42,47-52,60,65-67,69-70H,17,22-29,32-33,35,59H2,1-16H3/b46-31-/t37-,38-,39-,40-,41-,42+,47+,48+,49+,50?,51-,52+,54+,55-,56+,57+,58+/m1/s1. The van der Waals surface area contributed by atoms with Crippen molar-refractivity contribution >= 4 is 5.97 Å². The molecule has 1 unspecified atom stereocenters. The zero-order valence-electron chi connectivity index (χ0n) is 48.6. The fraction of sp³-hybridized carbons (Fsp3) is 0.793. The summed E-state index contributed by atoms with van der Waals surface area (Å²) < 4.78 is 34.1. The molecule has 0 radical (unpaired) electrons. The quantitative estimate of drug-likeness (QED) is 0.0874. The molecule has 17 heteroatoms. The molecule has 0 bridgehead atoms. The van der Waals surface area contributed by atoms with Crippen LogP contribution in [0.5, 0.6) is 0 Å². The maximum Gasteiger partial charge on any atom is 0.311 e. The number of cyclic esters (lactones) is 1. The molecule has 17 nitrogen and oxygen atoms in total. The van der Waals surface area contributed by atoms with E-state index in [0.717, 1.165) is 23.2 Å². The average Bonchev–Trinajstić information content (AvgIpc) is 3.81. The maximum atomic E-state index is 14.6. The molecule has 0 spiro atoms. The molecule has 3 aliphatic heterocycles. The number of aliphatic hydroxyl groups excluding tert-OH is 3. The fourth-order valence-corrected chi connectivity index (χ4v) is 12.2. The van der Waals surface area contributed by atoms with Crippen LogP contribution in [0.2, 0.25) is 0 Å². The van der Waals surface area contributed by atoms with Gasteiger partial charge in [-0.3, -0.25) is 9.48 Å². The van der Waals surface area contributed by atoms with Gasteiger partial charge in [0, 0.05) is 87.2 Å². The highest BCUT2D eigenvalue weighted by atomic mass is 16.7. The molecule has 4 heterocycles. The van der Waals surface area contributed by atoms with Crippen LogP contribution in [0.1, 0.15) is 141 Å². The van der Waals surface area contributed by atoms with Crippen molar-refractivity contribution in [1.82, 2.24) is 24.9 Å². The van der Waals surface area contributed by atoms with E-state index in [2.05, 4.69) is 80.5 Å². The number of nitrogens with zero attached hydrogens (tertiary/aromatic N) is 4. The van der Waals surface area contributed by atoms with Gasteiger partial charge in [-0.05, 0) is 124 Å². The zero-order chi connectivity index (χ0) is 56.0. The van der Waals surface area contributed by atoms with E-state index < -0.39 is 82.6 Å². The number of methoxy groups -OCH3 is 1. The Labute approximate surface area is 449 Å². The van der Waals surface area contributed by atoms with Crippen LogP contribution in [-0.2, 0) is 41.4 Å². The third-order valence-electron chi connectivity index (χ3n) is 17.7. The van der Waals surface area contributed by atoms with Gasteiger partial charge in [0.2, 0.25) is 0 Å². The molecular weight excluding hydrogens is 957 g/mol. The summed E-state index contributed by atoms with van der Waals surface area (Å²) in [6, 6.07) is 7.49. The number of hydrogen-bond donors (Lipinski definition) is 7. The van der Waals surface area contributed by atoms with Gasteiger partial charge in [-0.1, -0.05) is 65.8 Å². The third-order valence-corrected chi connectivity index (χ3v) is 17.7. The SMILES string of the molecule is CC[C@]1(C)OC(=O)[C@H](C)C(O[C@H]2C[C@@](C)(OC)[C@@H](O)[C@H](C)O2)[C@H](C)C[C@@](C)([C@]2(O)C[C@@H](N(C)CC/C(N)=C/N[C@H](CO)Cc3ccc(-c4cnn(CC(C)C)c4)cc3)C[C@@H](C)O2)C[C@@H](C)CN(C)[C@H](C)[C@@H](O)[C@]1(C)O. The molecule has 1 aromatic heterocycles. The minimum atomic E-state index is -1.85. The number of carbonyl (C=O) groups is 1. The summed E-state index contributed by atoms with van der Waals surface area (Å²) in [4.78, 5) is 18.9. The van der Waals surface area contributed by atoms with Crippen LogP contribution >= 0.6 is 0 Å². The second-order valence-corrected chi connectivity index (χ2v) is 24.7. The van der Waals surface area contributed by atoms with E-state index >= 15 is 0 Å². The molecule has 5 rings (SSSR count). The van der Waals surface area contributed by atoms with E-state index in [1.165, 1.54) is 6.92 Å². The summed E-state index contributed by atoms with van der Waals surface area (Å²) in [5.41, 5.74) is 5.28. The Balaban J connectivity index is 1.37. The number of hydrogen-bond acceptors (Lipinski definition) is 16. The van der Waals surface area contributed by atoms with Crippen LogP contribution in [0, 0.1) is 29.1 Å². The Morgan fingerprint density at radius 2 is 1.67 bits per heavy atom. The minimum absolute atomic E-state index is 0.0402. The molecule has 2 aromatic rings. The van der Waals surface area contributed by atoms with Crippen LogP contribution in [-0.4, -0.2) is 170 Å². The van der Waals surface area contributed by atoms with Gasteiger partial charge in [0.25, 0.3) is 0 Å². The monoisotopic (exact) mass is 1060 g/mol. The lowest BCUT2D eigenvalue weighted by Crippen LogP contribution is -2.64. The highest BCUT2D eigenvalue weighted by Gasteiger charge is 2.57.